The van der Waals surface area contributed by atoms with E-state index in [1.54, 1.807) is 9.80 Å². The summed E-state index contributed by atoms with van der Waals surface area (Å²) in [5.74, 6) is 0.311. The molecule has 5 nitrogen and oxygen atoms in total. The van der Waals surface area contributed by atoms with Crippen LogP contribution < -0.4 is 0 Å². The van der Waals surface area contributed by atoms with E-state index >= 15 is 0 Å². The summed E-state index contributed by atoms with van der Waals surface area (Å²) in [4.78, 5) is 34.2. The van der Waals surface area contributed by atoms with Crippen LogP contribution in [0.4, 0.5) is 0 Å². The monoisotopic (exact) mass is 479 g/mol. The highest BCUT2D eigenvalue weighted by Gasteiger charge is 2.56. The van der Waals surface area contributed by atoms with Crippen molar-refractivity contribution < 1.29 is 9.59 Å². The van der Waals surface area contributed by atoms with Gasteiger partial charge in [-0.3, -0.25) is 9.59 Å². The largest absolute Gasteiger partial charge is 0.356 e. The Balaban J connectivity index is 1.73. The summed E-state index contributed by atoms with van der Waals surface area (Å²) < 4.78 is 1.02. The van der Waals surface area contributed by atoms with Gasteiger partial charge in [0.15, 0.2) is 5.54 Å². The molecule has 1 aromatic heterocycles. The van der Waals surface area contributed by atoms with E-state index in [0.29, 0.717) is 19.0 Å². The predicted octanol–water partition coefficient (Wildman–Crippen LogP) is 4.62. The summed E-state index contributed by atoms with van der Waals surface area (Å²) in [5, 5.41) is 1.12. The molecule has 1 fully saturated rings. The van der Waals surface area contributed by atoms with Crippen LogP contribution in [0.3, 0.4) is 0 Å². The van der Waals surface area contributed by atoms with Crippen LogP contribution in [0.15, 0.2) is 53.0 Å². The first-order valence-electron chi connectivity index (χ1n) is 10.8. The van der Waals surface area contributed by atoms with E-state index in [2.05, 4.69) is 53.0 Å². The number of fused-ring (bicyclic) bond motifs is 5. The van der Waals surface area contributed by atoms with Gasteiger partial charge in [-0.25, -0.2) is 0 Å². The summed E-state index contributed by atoms with van der Waals surface area (Å²) >= 11 is 3.52. The van der Waals surface area contributed by atoms with Gasteiger partial charge in [0.25, 0.3) is 5.91 Å². The number of rotatable bonds is 3. The van der Waals surface area contributed by atoms with Crippen molar-refractivity contribution in [2.75, 3.05) is 19.6 Å². The summed E-state index contributed by atoms with van der Waals surface area (Å²) in [5.41, 5.74) is 3.09. The molecule has 0 spiro atoms. The molecule has 1 N–H and O–H groups in total. The van der Waals surface area contributed by atoms with Crippen LogP contribution in [0.2, 0.25) is 0 Å². The number of carbonyl (C=O) groups is 2. The first-order valence-corrected chi connectivity index (χ1v) is 11.6. The van der Waals surface area contributed by atoms with Crippen molar-refractivity contribution in [2.24, 2.45) is 5.92 Å². The van der Waals surface area contributed by atoms with Crippen LogP contribution in [0.1, 0.15) is 43.5 Å². The SMILES string of the molecule is CC(C)CN1CC(=O)N2C[C@H](c3ccc(Br)cc3)c3c([nH]c4ccccc34)[C@@]2(C)C1=O. The number of nitrogens with one attached hydrogen (secondary N) is 1. The third kappa shape index (κ3) is 3.03. The van der Waals surface area contributed by atoms with E-state index in [1.165, 1.54) is 0 Å². The maximum Gasteiger partial charge on any atom is 0.254 e. The standard InChI is InChI=1S/C25H26BrN3O2/c1-15(2)12-28-14-21(30)29-13-19(16-8-10-17(26)11-9-16)22-18-6-4-5-7-20(18)27-23(22)25(29,3)24(28)31/h4-11,15,19,27H,12-14H2,1-3H3/t19-,25+/m1/s1. The Hall–Kier alpha value is -2.60. The lowest BCUT2D eigenvalue weighted by molar-refractivity contribution is -0.166. The topological polar surface area (TPSA) is 56.4 Å². The highest BCUT2D eigenvalue weighted by molar-refractivity contribution is 9.10. The number of aromatic amines is 1. The fourth-order valence-corrected chi connectivity index (χ4v) is 5.52. The Labute approximate surface area is 190 Å². The fourth-order valence-electron chi connectivity index (χ4n) is 5.26. The molecular formula is C25H26BrN3O2. The molecule has 0 unspecified atom stereocenters. The van der Waals surface area contributed by atoms with E-state index in [4.69, 9.17) is 0 Å². The molecule has 1 saturated heterocycles. The van der Waals surface area contributed by atoms with Crippen molar-refractivity contribution in [3.8, 4) is 0 Å². The second kappa shape index (κ2) is 7.23. The average Bonchev–Trinajstić information content (AvgIpc) is 3.13. The number of benzene rings is 2. The summed E-state index contributed by atoms with van der Waals surface area (Å²) in [6.07, 6.45) is 0. The number of amides is 2. The molecule has 2 atom stereocenters. The maximum absolute atomic E-state index is 13.8. The molecular weight excluding hydrogens is 454 g/mol. The first kappa shape index (κ1) is 20.3. The number of halogens is 1. The lowest BCUT2D eigenvalue weighted by atomic mass is 9.76. The summed E-state index contributed by atoms with van der Waals surface area (Å²) in [6.45, 7) is 7.28. The molecule has 0 aliphatic carbocycles. The predicted molar refractivity (Wildman–Crippen MR) is 125 cm³/mol. The molecule has 2 aromatic carbocycles. The zero-order chi connectivity index (χ0) is 21.9. The van der Waals surface area contributed by atoms with Crippen molar-refractivity contribution in [1.82, 2.24) is 14.8 Å². The summed E-state index contributed by atoms with van der Waals surface area (Å²) in [6, 6.07) is 16.4. The number of nitrogens with zero attached hydrogens (tertiary/aromatic N) is 2. The smallest absolute Gasteiger partial charge is 0.254 e. The Morgan fingerprint density at radius 1 is 1.13 bits per heavy atom. The van der Waals surface area contributed by atoms with Crippen LogP contribution in [0, 0.1) is 5.92 Å². The third-order valence-corrected chi connectivity index (χ3v) is 7.20. The molecule has 3 heterocycles. The van der Waals surface area contributed by atoms with Gasteiger partial charge in [0.05, 0.1) is 12.2 Å². The molecule has 0 radical (unpaired) electrons. The Bertz CT molecular complexity index is 1180. The van der Waals surface area contributed by atoms with Crippen LogP contribution in [-0.4, -0.2) is 46.2 Å². The number of carbonyl (C=O) groups excluding carboxylic acids is 2. The molecule has 0 saturated carbocycles. The quantitative estimate of drug-likeness (QED) is 0.595. The number of piperazine rings is 1. The van der Waals surface area contributed by atoms with Crippen molar-refractivity contribution in [2.45, 2.75) is 32.2 Å². The van der Waals surface area contributed by atoms with E-state index < -0.39 is 5.54 Å². The fraction of sp³-hybridized carbons (Fsp3) is 0.360. The van der Waals surface area contributed by atoms with Gasteiger partial charge in [0, 0.05) is 34.4 Å². The molecule has 160 valence electrons. The van der Waals surface area contributed by atoms with Crippen LogP contribution in [0.25, 0.3) is 10.9 Å². The lowest BCUT2D eigenvalue weighted by Gasteiger charge is -2.51. The minimum atomic E-state index is -1.02. The zero-order valence-electron chi connectivity index (χ0n) is 18.0. The Morgan fingerprint density at radius 3 is 2.55 bits per heavy atom. The highest BCUT2D eigenvalue weighted by atomic mass is 79.9. The van der Waals surface area contributed by atoms with E-state index in [9.17, 15) is 9.59 Å². The molecule has 2 aliphatic heterocycles. The van der Waals surface area contributed by atoms with Crippen LogP contribution in [-0.2, 0) is 15.1 Å². The highest BCUT2D eigenvalue weighted by Crippen LogP contribution is 2.48. The minimum Gasteiger partial charge on any atom is -0.356 e. The number of aromatic nitrogens is 1. The van der Waals surface area contributed by atoms with Gasteiger partial charge >= 0.3 is 0 Å². The number of hydrogen-bond acceptors (Lipinski definition) is 2. The van der Waals surface area contributed by atoms with Gasteiger partial charge < -0.3 is 14.8 Å². The van der Waals surface area contributed by atoms with Gasteiger partial charge in [-0.1, -0.05) is 60.1 Å². The van der Waals surface area contributed by atoms with Gasteiger partial charge in [0.2, 0.25) is 5.91 Å². The first-order chi connectivity index (χ1) is 14.8. The third-order valence-electron chi connectivity index (χ3n) is 6.68. The molecule has 3 aromatic rings. The average molecular weight is 480 g/mol. The maximum atomic E-state index is 13.8. The molecule has 2 aliphatic rings. The number of para-hydroxylation sites is 1. The van der Waals surface area contributed by atoms with E-state index in [-0.39, 0.29) is 24.3 Å². The van der Waals surface area contributed by atoms with Gasteiger partial charge in [-0.15, -0.1) is 0 Å². The van der Waals surface area contributed by atoms with E-state index in [0.717, 1.165) is 32.2 Å². The Kier molecular flexibility index (Phi) is 4.74. The van der Waals surface area contributed by atoms with E-state index in [1.807, 2.05) is 37.3 Å². The Morgan fingerprint density at radius 2 is 1.84 bits per heavy atom. The second-order valence-corrected chi connectivity index (χ2v) is 10.1. The van der Waals surface area contributed by atoms with Gasteiger partial charge in [-0.2, -0.15) is 0 Å². The van der Waals surface area contributed by atoms with Crippen molar-refractivity contribution in [1.29, 1.82) is 0 Å². The lowest BCUT2D eigenvalue weighted by Crippen LogP contribution is -2.67. The second-order valence-electron chi connectivity index (χ2n) is 9.22. The molecule has 5 rings (SSSR count). The number of H-pyrrole nitrogens is 1. The van der Waals surface area contributed by atoms with Crippen molar-refractivity contribution in [3.05, 3.63) is 69.8 Å². The molecule has 0 bridgehead atoms. The van der Waals surface area contributed by atoms with Crippen molar-refractivity contribution in [3.63, 3.8) is 0 Å². The van der Waals surface area contributed by atoms with Gasteiger partial charge in [-0.05, 0) is 42.2 Å². The van der Waals surface area contributed by atoms with Crippen molar-refractivity contribution >= 4 is 38.6 Å². The molecule has 6 heteroatoms. The number of hydrogen-bond donors (Lipinski definition) is 1. The van der Waals surface area contributed by atoms with Crippen LogP contribution in [0.5, 0.6) is 0 Å². The molecule has 31 heavy (non-hydrogen) atoms. The van der Waals surface area contributed by atoms with Crippen LogP contribution >= 0.6 is 15.9 Å². The minimum absolute atomic E-state index is 0.000670. The summed E-state index contributed by atoms with van der Waals surface area (Å²) in [7, 11) is 0. The molecule has 2 amide bonds. The van der Waals surface area contributed by atoms with Gasteiger partial charge in [0.1, 0.15) is 0 Å². The normalized spacial score (nSPS) is 23.5. The zero-order valence-corrected chi connectivity index (χ0v) is 19.6.